The Hall–Kier alpha value is -4.42. The SMILES string of the molecule is CN(C)c1ccc2c(c1)Sc1cc(N(C)C)ccc1N2C(=O)OCC1=C(OC=O)N2C(=O)[C@H](CC(=O)Cc3ccccc3)[C@@H]2SC1. The number of ether oxygens (including phenoxy) is 2. The van der Waals surface area contributed by atoms with Crippen molar-refractivity contribution in [1.82, 2.24) is 4.90 Å². The lowest BCUT2D eigenvalue weighted by Gasteiger charge is -2.49. The molecule has 1 saturated heterocycles. The number of rotatable bonds is 10. The lowest BCUT2D eigenvalue weighted by molar-refractivity contribution is -0.155. The number of nitrogens with zero attached hydrogens (tertiary/aromatic N) is 4. The molecule has 6 rings (SSSR count). The highest BCUT2D eigenvalue weighted by Gasteiger charge is 2.53. The highest BCUT2D eigenvalue weighted by Crippen LogP contribution is 2.51. The maximum atomic E-state index is 13.8. The molecule has 0 spiro atoms. The molecule has 0 radical (unpaired) electrons. The normalized spacial score (nSPS) is 18.1. The molecule has 12 heteroatoms. The van der Waals surface area contributed by atoms with Gasteiger partial charge in [0.05, 0.1) is 22.7 Å². The van der Waals surface area contributed by atoms with E-state index in [0.717, 1.165) is 26.7 Å². The number of Topliss-reactive ketones (excluding diaryl/α,β-unsaturated/α-hetero) is 1. The summed E-state index contributed by atoms with van der Waals surface area (Å²) in [5.41, 5.74) is 4.80. The van der Waals surface area contributed by atoms with Crippen LogP contribution in [0.25, 0.3) is 0 Å². The van der Waals surface area contributed by atoms with Gasteiger partial charge in [-0.15, -0.1) is 11.8 Å². The van der Waals surface area contributed by atoms with Crippen molar-refractivity contribution in [2.75, 3.05) is 55.3 Å². The van der Waals surface area contributed by atoms with Crippen LogP contribution in [-0.2, 0) is 30.3 Å². The zero-order valence-corrected chi connectivity index (χ0v) is 27.6. The maximum Gasteiger partial charge on any atom is 0.419 e. The number of β-lactam (4-membered cyclic amide) rings is 1. The molecule has 2 amide bonds. The number of thioether (sulfide) groups is 1. The van der Waals surface area contributed by atoms with Crippen molar-refractivity contribution in [3.63, 3.8) is 0 Å². The molecule has 3 aromatic rings. The summed E-state index contributed by atoms with van der Waals surface area (Å²) in [5, 5.41) is -0.337. The number of fused-ring (bicyclic) bond motifs is 3. The quantitative estimate of drug-likeness (QED) is 0.200. The molecule has 238 valence electrons. The summed E-state index contributed by atoms with van der Waals surface area (Å²) in [7, 11) is 7.86. The monoisotopic (exact) mass is 658 g/mol. The number of carbonyl (C=O) groups excluding carboxylic acids is 4. The van der Waals surface area contributed by atoms with Crippen LogP contribution >= 0.6 is 23.5 Å². The molecule has 3 aromatic carbocycles. The Morgan fingerprint density at radius 1 is 0.935 bits per heavy atom. The van der Waals surface area contributed by atoms with Crippen LogP contribution in [0.2, 0.25) is 0 Å². The molecule has 0 aliphatic carbocycles. The van der Waals surface area contributed by atoms with Crippen molar-refractivity contribution in [2.45, 2.75) is 28.0 Å². The molecule has 0 bridgehead atoms. The second-order valence-electron chi connectivity index (χ2n) is 11.6. The predicted molar refractivity (Wildman–Crippen MR) is 180 cm³/mol. The topological polar surface area (TPSA) is 99.7 Å². The summed E-state index contributed by atoms with van der Waals surface area (Å²) >= 11 is 3.06. The van der Waals surface area contributed by atoms with Gasteiger partial charge in [0.15, 0.2) is 0 Å². The number of amides is 2. The van der Waals surface area contributed by atoms with E-state index >= 15 is 0 Å². The minimum Gasteiger partial charge on any atom is -0.444 e. The number of benzene rings is 3. The smallest absolute Gasteiger partial charge is 0.419 e. The average Bonchev–Trinajstić information content (AvgIpc) is 3.05. The van der Waals surface area contributed by atoms with E-state index in [9.17, 15) is 19.2 Å². The van der Waals surface area contributed by atoms with Gasteiger partial charge in [0, 0.05) is 73.5 Å². The third-order valence-electron chi connectivity index (χ3n) is 8.13. The van der Waals surface area contributed by atoms with Gasteiger partial charge >= 0.3 is 6.09 Å². The third-order valence-corrected chi connectivity index (χ3v) is 10.6. The number of ketones is 1. The summed E-state index contributed by atoms with van der Waals surface area (Å²) in [5.74, 6) is -0.376. The minimum atomic E-state index is -0.595. The van der Waals surface area contributed by atoms with E-state index in [1.807, 2.05) is 105 Å². The summed E-state index contributed by atoms with van der Waals surface area (Å²) in [6, 6.07) is 21.2. The fourth-order valence-corrected chi connectivity index (χ4v) is 8.22. The average molecular weight is 659 g/mol. The first kappa shape index (κ1) is 31.6. The lowest BCUT2D eigenvalue weighted by Crippen LogP contribution is -2.61. The number of hydrogen-bond donors (Lipinski definition) is 0. The predicted octanol–water partition coefficient (Wildman–Crippen LogP) is 5.68. The van der Waals surface area contributed by atoms with Gasteiger partial charge in [0.1, 0.15) is 12.4 Å². The summed E-state index contributed by atoms with van der Waals surface area (Å²) in [6.45, 7) is 0.0906. The van der Waals surface area contributed by atoms with Crippen LogP contribution in [0.1, 0.15) is 12.0 Å². The van der Waals surface area contributed by atoms with Crippen LogP contribution in [0.5, 0.6) is 0 Å². The van der Waals surface area contributed by atoms with Crippen molar-refractivity contribution in [3.8, 4) is 0 Å². The molecule has 0 saturated carbocycles. The first-order valence-corrected chi connectivity index (χ1v) is 16.6. The van der Waals surface area contributed by atoms with Crippen LogP contribution in [0, 0.1) is 5.92 Å². The van der Waals surface area contributed by atoms with Crippen molar-refractivity contribution in [3.05, 3.63) is 83.7 Å². The van der Waals surface area contributed by atoms with E-state index < -0.39 is 12.0 Å². The van der Waals surface area contributed by atoms with Crippen LogP contribution < -0.4 is 14.7 Å². The first-order valence-electron chi connectivity index (χ1n) is 14.8. The molecule has 2 atom stereocenters. The molecular weight excluding hydrogens is 625 g/mol. The zero-order valence-electron chi connectivity index (χ0n) is 26.0. The lowest BCUT2D eigenvalue weighted by atomic mass is 9.90. The van der Waals surface area contributed by atoms with Gasteiger partial charge < -0.3 is 19.3 Å². The molecular formula is C34H34N4O6S2. The molecule has 3 aliphatic heterocycles. The Bertz CT molecular complexity index is 1670. The molecule has 46 heavy (non-hydrogen) atoms. The third kappa shape index (κ3) is 6.06. The Kier molecular flexibility index (Phi) is 9.01. The van der Waals surface area contributed by atoms with Crippen LogP contribution in [0.4, 0.5) is 27.5 Å². The van der Waals surface area contributed by atoms with Crippen molar-refractivity contribution >= 4 is 70.5 Å². The zero-order chi connectivity index (χ0) is 32.5. The first-order chi connectivity index (χ1) is 22.2. The highest BCUT2D eigenvalue weighted by atomic mass is 32.2. The number of anilines is 4. The van der Waals surface area contributed by atoms with E-state index in [4.69, 9.17) is 9.47 Å². The van der Waals surface area contributed by atoms with E-state index in [1.54, 1.807) is 16.7 Å². The fraction of sp³-hybridized carbons (Fsp3) is 0.294. The second-order valence-corrected chi connectivity index (χ2v) is 13.8. The summed E-state index contributed by atoms with van der Waals surface area (Å²) in [6.07, 6.45) is -0.232. The van der Waals surface area contributed by atoms with E-state index in [-0.39, 0.29) is 48.9 Å². The Labute approximate surface area is 276 Å². The molecule has 3 aliphatic rings. The Morgan fingerprint density at radius 2 is 1.57 bits per heavy atom. The minimum absolute atomic E-state index is 0.0259. The summed E-state index contributed by atoms with van der Waals surface area (Å²) < 4.78 is 11.2. The van der Waals surface area contributed by atoms with Crippen LogP contribution in [0.3, 0.4) is 0 Å². The van der Waals surface area contributed by atoms with Crippen molar-refractivity contribution < 1.29 is 28.7 Å². The number of hydrogen-bond acceptors (Lipinski definition) is 10. The molecule has 0 unspecified atom stereocenters. The van der Waals surface area contributed by atoms with Gasteiger partial charge in [-0.05, 0) is 42.0 Å². The van der Waals surface area contributed by atoms with Crippen LogP contribution in [-0.4, -0.2) is 75.1 Å². The maximum absolute atomic E-state index is 13.8. The second kappa shape index (κ2) is 13.1. The van der Waals surface area contributed by atoms with Crippen LogP contribution in [0.15, 0.2) is 88.0 Å². The van der Waals surface area contributed by atoms with E-state index in [2.05, 4.69) is 0 Å². The standard InChI is InChI=1S/C34H34N4O6S2/c1-35(2)23-10-12-27-29(15-23)46-30-16-24(36(3)4)11-13-28(30)37(27)34(42)43-18-22-19-45-33-26(31(41)38(33)32(22)44-20-39)17-25(40)14-21-8-6-5-7-9-21/h5-13,15-16,20,26,33H,14,17-19H2,1-4H3/t26-,33-/m0/s1. The molecule has 10 nitrogen and oxygen atoms in total. The molecule has 3 heterocycles. The summed E-state index contributed by atoms with van der Waals surface area (Å²) in [4.78, 5) is 60.1. The largest absolute Gasteiger partial charge is 0.444 e. The van der Waals surface area contributed by atoms with Gasteiger partial charge in [-0.2, -0.15) is 0 Å². The number of carbonyl (C=O) groups is 4. The van der Waals surface area contributed by atoms with E-state index in [0.29, 0.717) is 22.7 Å². The Balaban J connectivity index is 1.20. The van der Waals surface area contributed by atoms with Gasteiger partial charge in [-0.25, -0.2) is 9.69 Å². The van der Waals surface area contributed by atoms with Crippen molar-refractivity contribution in [1.29, 1.82) is 0 Å². The van der Waals surface area contributed by atoms with Gasteiger partial charge in [0.2, 0.25) is 11.8 Å². The van der Waals surface area contributed by atoms with Crippen molar-refractivity contribution in [2.24, 2.45) is 5.92 Å². The van der Waals surface area contributed by atoms with E-state index in [1.165, 1.54) is 16.7 Å². The van der Waals surface area contributed by atoms with Gasteiger partial charge in [-0.3, -0.25) is 19.3 Å². The Morgan fingerprint density at radius 3 is 2.15 bits per heavy atom. The van der Waals surface area contributed by atoms with Gasteiger partial charge in [-0.1, -0.05) is 42.1 Å². The molecule has 0 aromatic heterocycles. The fourth-order valence-electron chi connectivity index (χ4n) is 5.72. The highest BCUT2D eigenvalue weighted by molar-refractivity contribution is 8.00. The molecule has 0 N–H and O–H groups in total. The van der Waals surface area contributed by atoms with Gasteiger partial charge in [0.25, 0.3) is 6.47 Å². The molecule has 1 fully saturated rings.